The predicted octanol–water partition coefficient (Wildman–Crippen LogP) is 2.74. The molecule has 0 saturated carbocycles. The van der Waals surface area contributed by atoms with E-state index in [0.717, 1.165) is 11.3 Å². The normalized spacial score (nSPS) is 10.5. The Morgan fingerprint density at radius 3 is 2.62 bits per heavy atom. The highest BCUT2D eigenvalue weighted by atomic mass is 16.3. The van der Waals surface area contributed by atoms with Crippen LogP contribution >= 0.6 is 0 Å². The van der Waals surface area contributed by atoms with Crippen molar-refractivity contribution >= 4 is 5.82 Å². The fourth-order valence-electron chi connectivity index (χ4n) is 1.95. The number of aromatic nitrogens is 4. The minimum atomic E-state index is 0.00174. The van der Waals surface area contributed by atoms with Gasteiger partial charge in [-0.3, -0.25) is 0 Å². The zero-order valence-electron chi connectivity index (χ0n) is 11.1. The molecule has 7 nitrogen and oxygen atoms in total. The Morgan fingerprint density at radius 2 is 2.05 bits per heavy atom. The summed E-state index contributed by atoms with van der Waals surface area (Å²) in [5.74, 6) is 0.0589. The highest BCUT2D eigenvalue weighted by Crippen LogP contribution is 2.29. The molecule has 1 aromatic carbocycles. The SMILES string of the molecule is Cc1cnn(-c2ccc(-c3ccc(N=O)nn3)c(O)c2)c1. The van der Waals surface area contributed by atoms with Gasteiger partial charge in [-0.05, 0) is 41.9 Å². The number of hydrogen-bond acceptors (Lipinski definition) is 6. The average Bonchev–Trinajstić information content (AvgIpc) is 2.94. The van der Waals surface area contributed by atoms with Crippen LogP contribution < -0.4 is 0 Å². The van der Waals surface area contributed by atoms with Crippen LogP contribution in [0.25, 0.3) is 16.9 Å². The second-order valence-corrected chi connectivity index (χ2v) is 4.53. The zero-order chi connectivity index (χ0) is 14.8. The predicted molar refractivity (Wildman–Crippen MR) is 76.4 cm³/mol. The molecule has 3 rings (SSSR count). The van der Waals surface area contributed by atoms with Crippen molar-refractivity contribution in [2.45, 2.75) is 6.92 Å². The highest BCUT2D eigenvalue weighted by Gasteiger charge is 2.09. The second kappa shape index (κ2) is 5.12. The van der Waals surface area contributed by atoms with E-state index in [1.807, 2.05) is 19.2 Å². The van der Waals surface area contributed by atoms with E-state index in [2.05, 4.69) is 20.5 Å². The van der Waals surface area contributed by atoms with Crippen molar-refractivity contribution in [3.8, 4) is 22.7 Å². The monoisotopic (exact) mass is 281 g/mol. The Labute approximate surface area is 119 Å². The van der Waals surface area contributed by atoms with Crippen LogP contribution in [0.4, 0.5) is 5.82 Å². The van der Waals surface area contributed by atoms with Crippen molar-refractivity contribution in [1.29, 1.82) is 0 Å². The Bertz CT molecular complexity index is 795. The van der Waals surface area contributed by atoms with Crippen LogP contribution in [-0.2, 0) is 0 Å². The molecular formula is C14H11N5O2. The number of aryl methyl sites for hydroxylation is 1. The summed E-state index contributed by atoms with van der Waals surface area (Å²) in [4.78, 5) is 10.3. The molecule has 21 heavy (non-hydrogen) atoms. The molecule has 7 heteroatoms. The van der Waals surface area contributed by atoms with E-state index in [0.29, 0.717) is 11.3 Å². The molecule has 3 aromatic rings. The Kier molecular flexibility index (Phi) is 3.15. The van der Waals surface area contributed by atoms with Crippen molar-refractivity contribution in [2.24, 2.45) is 5.18 Å². The number of nitroso groups, excluding NO2 is 1. The van der Waals surface area contributed by atoms with Crippen molar-refractivity contribution in [3.05, 3.63) is 53.2 Å². The molecule has 0 fully saturated rings. The van der Waals surface area contributed by atoms with Crippen molar-refractivity contribution in [3.63, 3.8) is 0 Å². The van der Waals surface area contributed by atoms with E-state index in [4.69, 9.17) is 0 Å². The van der Waals surface area contributed by atoms with Gasteiger partial charge in [-0.2, -0.15) is 5.10 Å². The van der Waals surface area contributed by atoms with Gasteiger partial charge in [0.25, 0.3) is 0 Å². The molecule has 0 unspecified atom stereocenters. The summed E-state index contributed by atoms with van der Waals surface area (Å²) >= 11 is 0. The van der Waals surface area contributed by atoms with E-state index < -0.39 is 0 Å². The first kappa shape index (κ1) is 12.9. The van der Waals surface area contributed by atoms with E-state index in [1.54, 1.807) is 29.1 Å². The highest BCUT2D eigenvalue weighted by molar-refractivity contribution is 5.68. The van der Waals surface area contributed by atoms with E-state index in [1.165, 1.54) is 6.07 Å². The number of rotatable bonds is 3. The standard InChI is InChI=1S/C14H11N5O2/c1-9-7-15-19(8-9)10-2-3-11(13(20)6-10)12-4-5-14(18-21)17-16-12/h2-8,20H,1H3. The van der Waals surface area contributed by atoms with Crippen LogP contribution in [0.15, 0.2) is 47.9 Å². The maximum absolute atomic E-state index is 10.3. The smallest absolute Gasteiger partial charge is 0.218 e. The third kappa shape index (κ3) is 2.48. The van der Waals surface area contributed by atoms with Crippen LogP contribution in [0, 0.1) is 11.8 Å². The van der Waals surface area contributed by atoms with Crippen molar-refractivity contribution in [2.75, 3.05) is 0 Å². The molecule has 0 saturated heterocycles. The second-order valence-electron chi connectivity index (χ2n) is 4.53. The average molecular weight is 281 g/mol. The van der Waals surface area contributed by atoms with E-state index >= 15 is 0 Å². The number of phenolic OH excluding ortho intramolecular Hbond substituents is 1. The lowest BCUT2D eigenvalue weighted by atomic mass is 10.1. The molecule has 0 aliphatic carbocycles. The fraction of sp³-hybridized carbons (Fsp3) is 0.0714. The van der Waals surface area contributed by atoms with Gasteiger partial charge < -0.3 is 5.11 Å². The van der Waals surface area contributed by atoms with Gasteiger partial charge in [0.15, 0.2) is 0 Å². The summed E-state index contributed by atoms with van der Waals surface area (Å²) in [5.41, 5.74) is 2.75. The number of aromatic hydroxyl groups is 1. The van der Waals surface area contributed by atoms with Crippen LogP contribution in [0.3, 0.4) is 0 Å². The van der Waals surface area contributed by atoms with Crippen LogP contribution in [0.2, 0.25) is 0 Å². The lowest BCUT2D eigenvalue weighted by Gasteiger charge is -2.06. The molecule has 0 aliphatic rings. The van der Waals surface area contributed by atoms with Crippen LogP contribution in [0.1, 0.15) is 5.56 Å². The first-order valence-electron chi connectivity index (χ1n) is 6.19. The maximum Gasteiger partial charge on any atom is 0.218 e. The Balaban J connectivity index is 1.99. The molecule has 1 N–H and O–H groups in total. The third-order valence-electron chi connectivity index (χ3n) is 2.98. The van der Waals surface area contributed by atoms with Crippen molar-refractivity contribution in [1.82, 2.24) is 20.0 Å². The van der Waals surface area contributed by atoms with Crippen LogP contribution in [-0.4, -0.2) is 25.1 Å². The third-order valence-corrected chi connectivity index (χ3v) is 2.98. The lowest BCUT2D eigenvalue weighted by molar-refractivity contribution is 0.476. The number of benzene rings is 1. The van der Waals surface area contributed by atoms with Gasteiger partial charge in [0.05, 0.1) is 17.6 Å². The summed E-state index contributed by atoms with van der Waals surface area (Å²) in [6.45, 7) is 1.94. The van der Waals surface area contributed by atoms with Gasteiger partial charge in [-0.25, -0.2) is 4.68 Å². The molecule has 104 valence electrons. The number of nitrogens with zero attached hydrogens (tertiary/aromatic N) is 5. The molecule has 0 bridgehead atoms. The maximum atomic E-state index is 10.3. The van der Waals surface area contributed by atoms with Gasteiger partial charge in [0.2, 0.25) is 5.82 Å². The minimum absolute atomic E-state index is 0.00174. The summed E-state index contributed by atoms with van der Waals surface area (Å²) in [6, 6.07) is 8.15. The summed E-state index contributed by atoms with van der Waals surface area (Å²) < 4.78 is 1.67. The molecular weight excluding hydrogens is 270 g/mol. The first-order valence-corrected chi connectivity index (χ1v) is 6.19. The molecule has 2 heterocycles. The fourth-order valence-corrected chi connectivity index (χ4v) is 1.95. The summed E-state index contributed by atoms with van der Waals surface area (Å²) in [7, 11) is 0. The molecule has 0 amide bonds. The minimum Gasteiger partial charge on any atom is -0.507 e. The van der Waals surface area contributed by atoms with Gasteiger partial charge >= 0.3 is 0 Å². The Morgan fingerprint density at radius 1 is 1.19 bits per heavy atom. The van der Waals surface area contributed by atoms with Crippen molar-refractivity contribution < 1.29 is 5.11 Å². The summed E-state index contributed by atoms with van der Waals surface area (Å²) in [6.07, 6.45) is 3.60. The number of hydrogen-bond donors (Lipinski definition) is 1. The van der Waals surface area contributed by atoms with Gasteiger partial charge in [0, 0.05) is 17.8 Å². The molecule has 0 atom stereocenters. The Hall–Kier alpha value is -3.09. The first-order chi connectivity index (χ1) is 10.2. The van der Waals surface area contributed by atoms with Gasteiger partial charge in [0.1, 0.15) is 5.75 Å². The molecule has 0 radical (unpaired) electrons. The van der Waals surface area contributed by atoms with E-state index in [-0.39, 0.29) is 11.6 Å². The topological polar surface area (TPSA) is 93.3 Å². The largest absolute Gasteiger partial charge is 0.507 e. The molecule has 0 aliphatic heterocycles. The number of phenols is 1. The lowest BCUT2D eigenvalue weighted by Crippen LogP contribution is -1.95. The van der Waals surface area contributed by atoms with Gasteiger partial charge in [-0.15, -0.1) is 15.1 Å². The quantitative estimate of drug-likeness (QED) is 0.745. The van der Waals surface area contributed by atoms with E-state index in [9.17, 15) is 10.0 Å². The molecule has 0 spiro atoms. The zero-order valence-corrected chi connectivity index (χ0v) is 11.1. The molecule has 2 aromatic heterocycles. The van der Waals surface area contributed by atoms with Crippen LogP contribution in [0.5, 0.6) is 5.75 Å². The summed E-state index contributed by atoms with van der Waals surface area (Å²) in [5, 5.41) is 24.5. The van der Waals surface area contributed by atoms with Gasteiger partial charge in [-0.1, -0.05) is 0 Å².